The lowest BCUT2D eigenvalue weighted by Crippen LogP contribution is -2.22. The van der Waals surface area contributed by atoms with E-state index < -0.39 is 16.4 Å². The fraction of sp³-hybridized carbons (Fsp3) is 0.625. The molecule has 0 saturated carbocycles. The van der Waals surface area contributed by atoms with Gasteiger partial charge in [-0.3, -0.25) is 10.1 Å². The molecule has 0 atom stereocenters. The molecule has 1 aliphatic heterocycles. The zero-order valence-electron chi connectivity index (χ0n) is 13.2. The van der Waals surface area contributed by atoms with Gasteiger partial charge in [-0.1, -0.05) is 25.7 Å². The lowest BCUT2D eigenvalue weighted by Gasteiger charge is -2.24. The quantitative estimate of drug-likeness (QED) is 0.532. The maximum absolute atomic E-state index is 13.5. The summed E-state index contributed by atoms with van der Waals surface area (Å²) in [7, 11) is 0. The summed E-state index contributed by atoms with van der Waals surface area (Å²) in [4.78, 5) is 12.4. The SMILES string of the molecule is O=[N+]([O-])c1cc(N2CSCCCCCCCCSC2)ccc1F. The van der Waals surface area contributed by atoms with Crippen LogP contribution in [0.4, 0.5) is 15.8 Å². The molecule has 0 unspecified atom stereocenters. The first-order chi connectivity index (χ1) is 11.2. The lowest BCUT2D eigenvalue weighted by molar-refractivity contribution is -0.387. The summed E-state index contributed by atoms with van der Waals surface area (Å²) in [6, 6.07) is 4.19. The molecule has 0 aromatic heterocycles. The van der Waals surface area contributed by atoms with E-state index in [9.17, 15) is 14.5 Å². The number of halogens is 1. The Bertz CT molecular complexity index is 503. The van der Waals surface area contributed by atoms with Crippen molar-refractivity contribution in [3.05, 3.63) is 34.1 Å². The molecule has 0 aliphatic carbocycles. The number of hydrogen-bond acceptors (Lipinski definition) is 5. The Labute approximate surface area is 145 Å². The van der Waals surface area contributed by atoms with Crippen LogP contribution >= 0.6 is 23.5 Å². The van der Waals surface area contributed by atoms with Crippen molar-refractivity contribution in [1.29, 1.82) is 0 Å². The monoisotopic (exact) mass is 358 g/mol. The van der Waals surface area contributed by atoms with Crippen LogP contribution in [0.5, 0.6) is 0 Å². The van der Waals surface area contributed by atoms with E-state index in [4.69, 9.17) is 0 Å². The van der Waals surface area contributed by atoms with Crippen LogP contribution in [-0.2, 0) is 0 Å². The Kier molecular flexibility index (Phi) is 8.02. The van der Waals surface area contributed by atoms with Crippen molar-refractivity contribution in [3.63, 3.8) is 0 Å². The predicted molar refractivity (Wildman–Crippen MR) is 97.9 cm³/mol. The highest BCUT2D eigenvalue weighted by molar-refractivity contribution is 8.00. The zero-order chi connectivity index (χ0) is 16.5. The topological polar surface area (TPSA) is 46.4 Å². The summed E-state index contributed by atoms with van der Waals surface area (Å²) in [6.07, 6.45) is 7.63. The second kappa shape index (κ2) is 10.0. The van der Waals surface area contributed by atoms with E-state index in [-0.39, 0.29) is 0 Å². The number of benzene rings is 1. The van der Waals surface area contributed by atoms with E-state index in [1.54, 1.807) is 6.07 Å². The van der Waals surface area contributed by atoms with E-state index >= 15 is 0 Å². The highest BCUT2D eigenvalue weighted by Gasteiger charge is 2.17. The molecule has 2 rings (SSSR count). The van der Waals surface area contributed by atoms with E-state index in [1.807, 2.05) is 23.5 Å². The molecule has 1 heterocycles. The average molecular weight is 359 g/mol. The van der Waals surface area contributed by atoms with Gasteiger partial charge in [0.25, 0.3) is 0 Å². The van der Waals surface area contributed by atoms with Crippen LogP contribution in [0.25, 0.3) is 0 Å². The standard InChI is InChI=1S/C16H23FN2O2S2/c17-15-8-7-14(11-16(15)19(20)21)18-12-22-9-5-3-1-2-4-6-10-23-13-18/h7-8,11H,1-6,9-10,12-13H2. The minimum Gasteiger partial charge on any atom is -0.353 e. The second-order valence-electron chi connectivity index (χ2n) is 5.63. The van der Waals surface area contributed by atoms with Crippen LogP contribution in [0.2, 0.25) is 0 Å². The summed E-state index contributed by atoms with van der Waals surface area (Å²) in [6.45, 7) is 0. The minimum absolute atomic E-state index is 0.444. The van der Waals surface area contributed by atoms with Crippen LogP contribution in [0.3, 0.4) is 0 Å². The number of rotatable bonds is 2. The summed E-state index contributed by atoms with van der Waals surface area (Å²) in [5.41, 5.74) is 0.286. The highest BCUT2D eigenvalue weighted by atomic mass is 32.2. The van der Waals surface area contributed by atoms with Gasteiger partial charge in [0.1, 0.15) is 0 Å². The lowest BCUT2D eigenvalue weighted by atomic mass is 10.1. The first-order valence-corrected chi connectivity index (χ1v) is 10.3. The van der Waals surface area contributed by atoms with Gasteiger partial charge in [0.05, 0.1) is 16.7 Å². The Hall–Kier alpha value is -0.950. The van der Waals surface area contributed by atoms with Crippen LogP contribution in [0.1, 0.15) is 38.5 Å². The molecular weight excluding hydrogens is 335 g/mol. The van der Waals surface area contributed by atoms with Gasteiger partial charge in [-0.2, -0.15) is 4.39 Å². The Balaban J connectivity index is 2.06. The average Bonchev–Trinajstić information content (AvgIpc) is 2.56. The molecule has 7 heteroatoms. The molecule has 1 fully saturated rings. The van der Waals surface area contributed by atoms with E-state index in [0.29, 0.717) is 0 Å². The Morgan fingerprint density at radius 1 is 1.00 bits per heavy atom. The third kappa shape index (κ3) is 6.22. The molecule has 1 saturated heterocycles. The first kappa shape index (κ1) is 18.4. The zero-order valence-corrected chi connectivity index (χ0v) is 14.8. The summed E-state index contributed by atoms with van der Waals surface area (Å²) in [5, 5.41) is 10.9. The van der Waals surface area contributed by atoms with Crippen molar-refractivity contribution < 1.29 is 9.31 Å². The number of thioether (sulfide) groups is 2. The second-order valence-corrected chi connectivity index (χ2v) is 7.78. The number of nitrogens with zero attached hydrogens (tertiary/aromatic N) is 2. The van der Waals surface area contributed by atoms with Gasteiger partial charge in [-0.05, 0) is 36.5 Å². The summed E-state index contributed by atoms with van der Waals surface area (Å²) < 4.78 is 13.5. The predicted octanol–water partition coefficient (Wildman–Crippen LogP) is 5.28. The molecular formula is C16H23FN2O2S2. The van der Waals surface area contributed by atoms with E-state index in [2.05, 4.69) is 4.90 Å². The van der Waals surface area contributed by atoms with Gasteiger partial charge in [0.15, 0.2) is 0 Å². The third-order valence-electron chi connectivity index (χ3n) is 3.81. The van der Waals surface area contributed by atoms with Crippen molar-refractivity contribution in [2.45, 2.75) is 38.5 Å². The third-order valence-corrected chi connectivity index (χ3v) is 5.96. The van der Waals surface area contributed by atoms with E-state index in [0.717, 1.165) is 28.9 Å². The van der Waals surface area contributed by atoms with Gasteiger partial charge >= 0.3 is 5.69 Å². The molecule has 4 nitrogen and oxygen atoms in total. The van der Waals surface area contributed by atoms with Crippen molar-refractivity contribution in [1.82, 2.24) is 0 Å². The molecule has 1 aliphatic rings. The van der Waals surface area contributed by atoms with Gasteiger partial charge in [-0.15, -0.1) is 23.5 Å². The Morgan fingerprint density at radius 3 is 2.13 bits per heavy atom. The smallest absolute Gasteiger partial charge is 0.306 e. The molecule has 128 valence electrons. The van der Waals surface area contributed by atoms with Crippen LogP contribution in [0, 0.1) is 15.9 Å². The molecule has 1 aromatic rings. The minimum atomic E-state index is -0.773. The van der Waals surface area contributed by atoms with Crippen LogP contribution < -0.4 is 4.90 Å². The number of hydrogen-bond donors (Lipinski definition) is 0. The maximum atomic E-state index is 13.5. The van der Waals surface area contributed by atoms with Gasteiger partial charge in [0.2, 0.25) is 5.82 Å². The normalized spacial score (nSPS) is 18.6. The van der Waals surface area contributed by atoms with Crippen LogP contribution in [-0.4, -0.2) is 28.2 Å². The van der Waals surface area contributed by atoms with Crippen LogP contribution in [0.15, 0.2) is 18.2 Å². The molecule has 0 bridgehead atoms. The molecule has 0 N–H and O–H groups in total. The molecule has 23 heavy (non-hydrogen) atoms. The van der Waals surface area contributed by atoms with Crippen molar-refractivity contribution in [3.8, 4) is 0 Å². The first-order valence-electron chi connectivity index (χ1n) is 8.03. The molecule has 0 amide bonds. The van der Waals surface area contributed by atoms with Gasteiger partial charge in [-0.25, -0.2) is 0 Å². The largest absolute Gasteiger partial charge is 0.353 e. The maximum Gasteiger partial charge on any atom is 0.306 e. The summed E-state index contributed by atoms with van der Waals surface area (Å²) >= 11 is 3.69. The number of nitro benzene ring substituents is 1. The molecule has 1 aromatic carbocycles. The fourth-order valence-electron chi connectivity index (χ4n) is 2.49. The number of anilines is 1. The Morgan fingerprint density at radius 2 is 1.57 bits per heavy atom. The molecule has 0 spiro atoms. The fourth-order valence-corrected chi connectivity index (χ4v) is 4.60. The van der Waals surface area contributed by atoms with Gasteiger partial charge in [0, 0.05) is 11.8 Å². The van der Waals surface area contributed by atoms with Crippen molar-refractivity contribution >= 4 is 34.9 Å². The number of nitro groups is 1. The summed E-state index contributed by atoms with van der Waals surface area (Å²) in [5.74, 6) is 3.01. The van der Waals surface area contributed by atoms with Crippen molar-refractivity contribution in [2.75, 3.05) is 28.2 Å². The molecule has 0 radical (unpaired) electrons. The van der Waals surface area contributed by atoms with Gasteiger partial charge < -0.3 is 4.90 Å². The van der Waals surface area contributed by atoms with E-state index in [1.165, 1.54) is 50.7 Å². The highest BCUT2D eigenvalue weighted by Crippen LogP contribution is 2.27. The van der Waals surface area contributed by atoms with Crippen molar-refractivity contribution in [2.24, 2.45) is 0 Å².